The van der Waals surface area contributed by atoms with E-state index in [1.807, 2.05) is 51.1 Å². The van der Waals surface area contributed by atoms with Crippen LogP contribution < -0.4 is 9.47 Å². The molecule has 31 heavy (non-hydrogen) atoms. The minimum absolute atomic E-state index is 0.126. The number of hydrogen-bond acceptors (Lipinski definition) is 7. The number of carbonyl (C=O) groups is 2. The normalized spacial score (nSPS) is 13.9. The average molecular weight is 430 g/mol. The molecule has 1 aromatic carbocycles. The van der Waals surface area contributed by atoms with Gasteiger partial charge in [-0.2, -0.15) is 0 Å². The largest absolute Gasteiger partial charge is 0.503 e. The first kappa shape index (κ1) is 24.2. The van der Waals surface area contributed by atoms with E-state index >= 15 is 0 Å². The van der Waals surface area contributed by atoms with Crippen molar-refractivity contribution in [3.05, 3.63) is 48.3 Å². The summed E-state index contributed by atoms with van der Waals surface area (Å²) < 4.78 is 16.7. The number of aromatic nitrogens is 1. The minimum Gasteiger partial charge on any atom is -0.503 e. The summed E-state index contributed by atoms with van der Waals surface area (Å²) in [6.07, 6.45) is 1.03. The molecular formula is C24H31NO6. The molecule has 0 radical (unpaired) electrons. The standard InChI is InChI=1S/C24H31NO6/c1-15(2)13-21(17(4)30-18-9-7-6-8-10-18)31-24(28)16(3)14-19(26)22-23(27)20(29-5)11-12-25-22/h6-12,15-17,21,27H,13-14H2,1-5H3/t16-,17+,21+/m1/s1. The summed E-state index contributed by atoms with van der Waals surface area (Å²) in [5, 5.41) is 10.1. The molecule has 0 saturated heterocycles. The van der Waals surface area contributed by atoms with Crippen LogP contribution in [-0.4, -0.2) is 41.2 Å². The van der Waals surface area contributed by atoms with Crippen molar-refractivity contribution in [1.29, 1.82) is 0 Å². The first-order chi connectivity index (χ1) is 14.7. The van der Waals surface area contributed by atoms with Crippen molar-refractivity contribution in [2.45, 2.75) is 52.7 Å². The number of hydrogen-bond donors (Lipinski definition) is 1. The molecule has 3 atom stereocenters. The van der Waals surface area contributed by atoms with Gasteiger partial charge in [-0.1, -0.05) is 39.0 Å². The third kappa shape index (κ3) is 6.98. The quantitative estimate of drug-likeness (QED) is 0.417. The number of para-hydroxylation sites is 1. The SMILES string of the molecule is COc1ccnc(C(=O)C[C@@H](C)C(=O)O[C@@H](CC(C)C)[C@H](C)Oc2ccccc2)c1O. The summed E-state index contributed by atoms with van der Waals surface area (Å²) in [6.45, 7) is 7.56. The van der Waals surface area contributed by atoms with Gasteiger partial charge in [0.05, 0.1) is 13.0 Å². The van der Waals surface area contributed by atoms with Gasteiger partial charge in [0.15, 0.2) is 23.0 Å². The van der Waals surface area contributed by atoms with Crippen LogP contribution in [-0.2, 0) is 9.53 Å². The Bertz CT molecular complexity index is 868. The fourth-order valence-corrected chi connectivity index (χ4v) is 3.12. The minimum atomic E-state index is -0.710. The lowest BCUT2D eigenvalue weighted by atomic mass is 10.00. The van der Waals surface area contributed by atoms with Crippen LogP contribution in [0.5, 0.6) is 17.2 Å². The van der Waals surface area contributed by atoms with Crippen molar-refractivity contribution in [3.63, 3.8) is 0 Å². The zero-order chi connectivity index (χ0) is 23.0. The zero-order valence-electron chi connectivity index (χ0n) is 18.7. The van der Waals surface area contributed by atoms with Gasteiger partial charge in [-0.05, 0) is 31.4 Å². The molecule has 2 rings (SSSR count). The second kappa shape index (κ2) is 11.3. The molecule has 0 bridgehead atoms. The molecule has 0 unspecified atom stereocenters. The van der Waals surface area contributed by atoms with Crippen LogP contribution in [0.3, 0.4) is 0 Å². The van der Waals surface area contributed by atoms with Crippen molar-refractivity contribution >= 4 is 11.8 Å². The lowest BCUT2D eigenvalue weighted by Crippen LogP contribution is -2.36. The Morgan fingerprint density at radius 3 is 2.35 bits per heavy atom. The maximum atomic E-state index is 12.7. The average Bonchev–Trinajstić information content (AvgIpc) is 2.73. The second-order valence-electron chi connectivity index (χ2n) is 7.98. The first-order valence-electron chi connectivity index (χ1n) is 10.4. The summed E-state index contributed by atoms with van der Waals surface area (Å²) >= 11 is 0. The van der Waals surface area contributed by atoms with E-state index in [1.54, 1.807) is 6.92 Å². The van der Waals surface area contributed by atoms with Gasteiger partial charge in [-0.15, -0.1) is 0 Å². The number of Topliss-reactive ketones (excluding diaryl/α,β-unsaturated/α-hetero) is 1. The fourth-order valence-electron chi connectivity index (χ4n) is 3.12. The summed E-state index contributed by atoms with van der Waals surface area (Å²) in [5.74, 6) is -0.870. The molecule has 2 aromatic rings. The third-order valence-corrected chi connectivity index (χ3v) is 4.83. The van der Waals surface area contributed by atoms with Crippen LogP contribution in [0.15, 0.2) is 42.6 Å². The van der Waals surface area contributed by atoms with Crippen LogP contribution in [0.2, 0.25) is 0 Å². The van der Waals surface area contributed by atoms with Crippen molar-refractivity contribution in [3.8, 4) is 17.2 Å². The van der Waals surface area contributed by atoms with Crippen LogP contribution in [0.1, 0.15) is 51.0 Å². The molecule has 0 spiro atoms. The summed E-state index contributed by atoms with van der Waals surface area (Å²) in [7, 11) is 1.39. The Balaban J connectivity index is 2.04. The van der Waals surface area contributed by atoms with E-state index in [-0.39, 0.29) is 35.6 Å². The molecule has 0 amide bonds. The van der Waals surface area contributed by atoms with Crippen molar-refractivity contribution < 1.29 is 28.9 Å². The molecule has 0 aliphatic carbocycles. The Hall–Kier alpha value is -3.09. The Kier molecular flexibility index (Phi) is 8.85. The highest BCUT2D eigenvalue weighted by Gasteiger charge is 2.29. The Morgan fingerprint density at radius 1 is 1.06 bits per heavy atom. The maximum Gasteiger partial charge on any atom is 0.309 e. The summed E-state index contributed by atoms with van der Waals surface area (Å²) in [6, 6.07) is 10.8. The Labute approximate surface area is 183 Å². The van der Waals surface area contributed by atoms with Crippen LogP contribution in [0, 0.1) is 11.8 Å². The van der Waals surface area contributed by atoms with Crippen LogP contribution >= 0.6 is 0 Å². The van der Waals surface area contributed by atoms with Gasteiger partial charge in [0.2, 0.25) is 0 Å². The van der Waals surface area contributed by atoms with Gasteiger partial charge in [-0.3, -0.25) is 9.59 Å². The lowest BCUT2D eigenvalue weighted by molar-refractivity contribution is -0.158. The van der Waals surface area contributed by atoms with Gasteiger partial charge < -0.3 is 19.3 Å². The molecule has 1 heterocycles. The number of nitrogens with zero attached hydrogens (tertiary/aromatic N) is 1. The smallest absolute Gasteiger partial charge is 0.309 e. The zero-order valence-corrected chi connectivity index (χ0v) is 18.7. The molecule has 0 aliphatic rings. The number of benzene rings is 1. The highest BCUT2D eigenvalue weighted by atomic mass is 16.6. The Morgan fingerprint density at radius 2 is 1.74 bits per heavy atom. The highest BCUT2D eigenvalue weighted by molar-refractivity contribution is 5.99. The van der Waals surface area contributed by atoms with Crippen LogP contribution in [0.4, 0.5) is 0 Å². The van der Waals surface area contributed by atoms with Gasteiger partial charge in [0.25, 0.3) is 0 Å². The topological polar surface area (TPSA) is 95.0 Å². The number of ether oxygens (including phenoxy) is 3. The first-order valence-corrected chi connectivity index (χ1v) is 10.4. The van der Waals surface area contributed by atoms with E-state index in [2.05, 4.69) is 4.98 Å². The van der Waals surface area contributed by atoms with Gasteiger partial charge in [0, 0.05) is 18.7 Å². The monoisotopic (exact) mass is 429 g/mol. The van der Waals surface area contributed by atoms with E-state index in [4.69, 9.17) is 14.2 Å². The number of methoxy groups -OCH3 is 1. The molecular weight excluding hydrogens is 398 g/mol. The van der Waals surface area contributed by atoms with Crippen molar-refractivity contribution in [2.75, 3.05) is 7.11 Å². The van der Waals surface area contributed by atoms with Crippen LogP contribution in [0.25, 0.3) is 0 Å². The van der Waals surface area contributed by atoms with Gasteiger partial charge in [-0.25, -0.2) is 4.98 Å². The number of aromatic hydroxyl groups is 1. The summed E-state index contributed by atoms with van der Waals surface area (Å²) in [4.78, 5) is 29.2. The lowest BCUT2D eigenvalue weighted by Gasteiger charge is -2.27. The molecule has 1 aromatic heterocycles. The number of esters is 1. The van der Waals surface area contributed by atoms with E-state index < -0.39 is 23.8 Å². The predicted octanol–water partition coefficient (Wildman–Crippen LogP) is 4.43. The van der Waals surface area contributed by atoms with Crippen molar-refractivity contribution in [2.24, 2.45) is 11.8 Å². The molecule has 1 N–H and O–H groups in total. The number of ketones is 1. The highest BCUT2D eigenvalue weighted by Crippen LogP contribution is 2.29. The molecule has 7 heteroatoms. The molecule has 7 nitrogen and oxygen atoms in total. The van der Waals surface area contributed by atoms with Gasteiger partial charge >= 0.3 is 5.97 Å². The molecule has 0 fully saturated rings. The molecule has 168 valence electrons. The van der Waals surface area contributed by atoms with E-state index in [1.165, 1.54) is 19.4 Å². The van der Waals surface area contributed by atoms with E-state index in [0.29, 0.717) is 12.2 Å². The van der Waals surface area contributed by atoms with Gasteiger partial charge in [0.1, 0.15) is 18.0 Å². The molecule has 0 saturated carbocycles. The maximum absolute atomic E-state index is 12.7. The van der Waals surface area contributed by atoms with E-state index in [9.17, 15) is 14.7 Å². The number of pyridine rings is 1. The predicted molar refractivity (Wildman–Crippen MR) is 116 cm³/mol. The third-order valence-electron chi connectivity index (χ3n) is 4.83. The van der Waals surface area contributed by atoms with Crippen molar-refractivity contribution in [1.82, 2.24) is 4.98 Å². The number of carbonyl (C=O) groups excluding carboxylic acids is 2. The number of rotatable bonds is 11. The van der Waals surface area contributed by atoms with E-state index in [0.717, 1.165) is 0 Å². The molecule has 0 aliphatic heterocycles. The summed E-state index contributed by atoms with van der Waals surface area (Å²) in [5.41, 5.74) is -0.126. The second-order valence-corrected chi connectivity index (χ2v) is 7.98. The fraction of sp³-hybridized carbons (Fsp3) is 0.458.